The normalized spacial score (nSPS) is 18.2. The van der Waals surface area contributed by atoms with Gasteiger partial charge in [-0.3, -0.25) is 4.79 Å². The van der Waals surface area contributed by atoms with Gasteiger partial charge in [-0.25, -0.2) is 4.98 Å². The standard InChI is InChI=1S/C27H29ClN6O3/c1-32-11-13-34(14-12-32)17-7-8-20(22(15-17)36-3)30-26-29-16-19(28)24(31-26)37-21-6-4-5-18-23(21)25(35)33(2)27(18)9-10-27/h4-8,15-16H,9-14H2,1-3H3,(H,29,30,31). The molecule has 9 nitrogen and oxygen atoms in total. The highest BCUT2D eigenvalue weighted by Gasteiger charge is 2.57. The van der Waals surface area contributed by atoms with Gasteiger partial charge in [0.25, 0.3) is 5.91 Å². The van der Waals surface area contributed by atoms with Crippen LogP contribution in [0, 0.1) is 0 Å². The Balaban J connectivity index is 1.25. The molecule has 0 unspecified atom stereocenters. The molecular formula is C27H29ClN6O3. The van der Waals surface area contributed by atoms with E-state index in [0.717, 1.165) is 56.0 Å². The van der Waals surface area contributed by atoms with E-state index in [1.165, 1.54) is 6.20 Å². The maximum absolute atomic E-state index is 13.0. The van der Waals surface area contributed by atoms with Gasteiger partial charge in [-0.1, -0.05) is 23.7 Å². The zero-order chi connectivity index (χ0) is 25.7. The highest BCUT2D eigenvalue weighted by atomic mass is 35.5. The average Bonchev–Trinajstić information content (AvgIpc) is 3.69. The minimum absolute atomic E-state index is 0.0446. The highest BCUT2D eigenvalue weighted by Crippen LogP contribution is 2.57. The summed E-state index contributed by atoms with van der Waals surface area (Å²) in [5, 5.41) is 3.47. The second-order valence-electron chi connectivity index (χ2n) is 9.82. The van der Waals surface area contributed by atoms with Crippen LogP contribution >= 0.6 is 11.6 Å². The number of anilines is 3. The average molecular weight is 521 g/mol. The van der Waals surface area contributed by atoms with Gasteiger partial charge in [0.15, 0.2) is 0 Å². The zero-order valence-corrected chi connectivity index (χ0v) is 21.9. The number of carbonyl (C=O) groups is 1. The van der Waals surface area contributed by atoms with E-state index in [9.17, 15) is 4.79 Å². The van der Waals surface area contributed by atoms with E-state index in [1.54, 1.807) is 13.2 Å². The number of hydrogen-bond donors (Lipinski definition) is 1. The fraction of sp³-hybridized carbons (Fsp3) is 0.370. The van der Waals surface area contributed by atoms with Crippen LogP contribution in [0.25, 0.3) is 0 Å². The molecule has 1 aliphatic carbocycles. The molecule has 192 valence electrons. The van der Waals surface area contributed by atoms with Gasteiger partial charge in [0.1, 0.15) is 16.5 Å². The number of likely N-dealkylation sites (N-methyl/N-ethyl adjacent to an activating group) is 1. The van der Waals surface area contributed by atoms with Gasteiger partial charge in [-0.05, 0) is 43.7 Å². The highest BCUT2D eigenvalue weighted by molar-refractivity contribution is 6.31. The smallest absolute Gasteiger partial charge is 0.258 e. The minimum atomic E-state index is -0.194. The van der Waals surface area contributed by atoms with E-state index < -0.39 is 0 Å². The molecule has 3 aromatic rings. The first kappa shape index (κ1) is 23.8. The number of nitrogens with zero attached hydrogens (tertiary/aromatic N) is 5. The molecule has 1 amide bonds. The summed E-state index contributed by atoms with van der Waals surface area (Å²) < 4.78 is 11.8. The molecule has 1 N–H and O–H groups in total. The van der Waals surface area contributed by atoms with E-state index in [2.05, 4.69) is 38.2 Å². The van der Waals surface area contributed by atoms with Crippen molar-refractivity contribution in [3.05, 3.63) is 58.7 Å². The second kappa shape index (κ2) is 9.08. The lowest BCUT2D eigenvalue weighted by Gasteiger charge is -2.34. The number of carbonyl (C=O) groups excluding carboxylic acids is 1. The largest absolute Gasteiger partial charge is 0.494 e. The number of benzene rings is 2. The summed E-state index contributed by atoms with van der Waals surface area (Å²) in [6.45, 7) is 3.99. The number of piperazine rings is 1. The Kier molecular flexibility index (Phi) is 5.84. The molecule has 2 aliphatic heterocycles. The van der Waals surface area contributed by atoms with E-state index in [4.69, 9.17) is 21.1 Å². The molecule has 37 heavy (non-hydrogen) atoms. The number of halogens is 1. The first-order valence-electron chi connectivity index (χ1n) is 12.4. The number of fused-ring (bicyclic) bond motifs is 2. The molecule has 0 bridgehead atoms. The summed E-state index contributed by atoms with van der Waals surface area (Å²) in [5.41, 5.74) is 3.22. The predicted octanol–water partition coefficient (Wildman–Crippen LogP) is 4.50. The van der Waals surface area contributed by atoms with Crippen molar-refractivity contribution in [2.45, 2.75) is 18.4 Å². The molecule has 3 aliphatic rings. The maximum Gasteiger partial charge on any atom is 0.258 e. The number of hydrogen-bond acceptors (Lipinski definition) is 8. The van der Waals surface area contributed by atoms with Gasteiger partial charge in [-0.2, -0.15) is 4.98 Å². The van der Waals surface area contributed by atoms with Crippen LogP contribution < -0.4 is 19.7 Å². The molecule has 2 aromatic carbocycles. The molecule has 2 fully saturated rings. The van der Waals surface area contributed by atoms with Gasteiger partial charge in [0, 0.05) is 45.0 Å². The number of nitrogens with one attached hydrogen (secondary N) is 1. The minimum Gasteiger partial charge on any atom is -0.494 e. The number of aromatic nitrogens is 2. The van der Waals surface area contributed by atoms with Gasteiger partial charge in [0.2, 0.25) is 11.8 Å². The summed E-state index contributed by atoms with van der Waals surface area (Å²) in [5.74, 6) is 1.56. The molecule has 1 spiro atoms. The fourth-order valence-corrected chi connectivity index (χ4v) is 5.37. The van der Waals surface area contributed by atoms with Gasteiger partial charge < -0.3 is 29.5 Å². The van der Waals surface area contributed by atoms with Gasteiger partial charge in [-0.15, -0.1) is 0 Å². The molecule has 10 heteroatoms. The lowest BCUT2D eigenvalue weighted by atomic mass is 10.0. The third-order valence-electron chi connectivity index (χ3n) is 7.63. The SMILES string of the molecule is COc1cc(N2CCN(C)CC2)ccc1Nc1ncc(Cl)c(Oc2cccc3c2C(=O)N(C)C32CC2)n1. The van der Waals surface area contributed by atoms with Crippen molar-refractivity contribution < 1.29 is 14.3 Å². The van der Waals surface area contributed by atoms with Gasteiger partial charge >= 0.3 is 0 Å². The number of amides is 1. The molecule has 6 rings (SSSR count). The Morgan fingerprint density at radius 3 is 2.57 bits per heavy atom. The summed E-state index contributed by atoms with van der Waals surface area (Å²) in [7, 11) is 5.63. The fourth-order valence-electron chi connectivity index (χ4n) is 5.24. The molecule has 1 saturated heterocycles. The van der Waals surface area contributed by atoms with E-state index >= 15 is 0 Å². The third-order valence-corrected chi connectivity index (χ3v) is 7.89. The Morgan fingerprint density at radius 2 is 1.84 bits per heavy atom. The lowest BCUT2D eigenvalue weighted by molar-refractivity contribution is 0.0753. The van der Waals surface area contributed by atoms with Crippen molar-refractivity contribution in [1.82, 2.24) is 19.8 Å². The summed E-state index contributed by atoms with van der Waals surface area (Å²) >= 11 is 6.40. The van der Waals surface area contributed by atoms with Crippen LogP contribution in [0.15, 0.2) is 42.6 Å². The first-order valence-corrected chi connectivity index (χ1v) is 12.8. The van der Waals surface area contributed by atoms with Gasteiger partial charge in [0.05, 0.1) is 30.1 Å². The Bertz CT molecular complexity index is 1370. The van der Waals surface area contributed by atoms with Crippen LogP contribution in [0.3, 0.4) is 0 Å². The monoisotopic (exact) mass is 520 g/mol. The number of rotatable bonds is 6. The van der Waals surface area contributed by atoms with Crippen LogP contribution in [-0.2, 0) is 5.54 Å². The zero-order valence-electron chi connectivity index (χ0n) is 21.1. The van der Waals surface area contributed by atoms with Crippen molar-refractivity contribution in [1.29, 1.82) is 0 Å². The Morgan fingerprint density at radius 1 is 1.05 bits per heavy atom. The van der Waals surface area contributed by atoms with Crippen molar-refractivity contribution in [2.75, 3.05) is 57.6 Å². The third kappa shape index (κ3) is 4.12. The van der Waals surface area contributed by atoms with Crippen molar-refractivity contribution in [2.24, 2.45) is 0 Å². The molecule has 0 radical (unpaired) electrons. The van der Waals surface area contributed by atoms with Crippen LogP contribution in [-0.4, -0.2) is 73.1 Å². The maximum atomic E-state index is 13.0. The summed E-state index contributed by atoms with van der Waals surface area (Å²) in [4.78, 5) is 28.4. The van der Waals surface area contributed by atoms with Crippen LogP contribution in [0.4, 0.5) is 17.3 Å². The summed E-state index contributed by atoms with van der Waals surface area (Å²) in [6, 6.07) is 11.7. The number of methoxy groups -OCH3 is 1. The topological polar surface area (TPSA) is 83.1 Å². The summed E-state index contributed by atoms with van der Waals surface area (Å²) in [6.07, 6.45) is 3.41. The molecular weight excluding hydrogens is 492 g/mol. The lowest BCUT2D eigenvalue weighted by Crippen LogP contribution is -2.44. The van der Waals surface area contributed by atoms with Crippen molar-refractivity contribution in [3.63, 3.8) is 0 Å². The molecule has 1 saturated carbocycles. The van der Waals surface area contributed by atoms with Crippen molar-refractivity contribution in [3.8, 4) is 17.4 Å². The quantitative estimate of drug-likeness (QED) is 0.508. The second-order valence-corrected chi connectivity index (χ2v) is 10.2. The van der Waals surface area contributed by atoms with E-state index in [1.807, 2.05) is 36.2 Å². The first-order chi connectivity index (χ1) is 17.9. The predicted molar refractivity (Wildman–Crippen MR) is 143 cm³/mol. The number of ether oxygens (including phenoxy) is 2. The van der Waals surface area contributed by atoms with Crippen LogP contribution in [0.2, 0.25) is 5.02 Å². The van der Waals surface area contributed by atoms with Crippen molar-refractivity contribution >= 4 is 34.8 Å². The Labute approximate surface area is 221 Å². The van der Waals surface area contributed by atoms with E-state index in [0.29, 0.717) is 23.0 Å². The molecule has 0 atom stereocenters. The molecule has 1 aromatic heterocycles. The van der Waals surface area contributed by atoms with Crippen LogP contribution in [0.5, 0.6) is 17.4 Å². The van der Waals surface area contributed by atoms with Crippen LogP contribution in [0.1, 0.15) is 28.8 Å². The molecule has 3 heterocycles. The van der Waals surface area contributed by atoms with E-state index in [-0.39, 0.29) is 22.3 Å². The Hall–Kier alpha value is -3.56.